The lowest BCUT2D eigenvalue weighted by atomic mass is 10.0. The summed E-state index contributed by atoms with van der Waals surface area (Å²) in [4.78, 5) is 28.5. The van der Waals surface area contributed by atoms with Crippen molar-refractivity contribution in [1.29, 1.82) is 0 Å². The van der Waals surface area contributed by atoms with Gasteiger partial charge in [0.05, 0.1) is 11.9 Å². The monoisotopic (exact) mass is 368 g/mol. The van der Waals surface area contributed by atoms with E-state index in [-0.39, 0.29) is 37.7 Å². The van der Waals surface area contributed by atoms with Crippen LogP contribution in [0.4, 0.5) is 19.3 Å². The molecule has 1 saturated carbocycles. The van der Waals surface area contributed by atoms with E-state index in [0.29, 0.717) is 18.2 Å². The van der Waals surface area contributed by atoms with Gasteiger partial charge in [-0.1, -0.05) is 0 Å². The average Bonchev–Trinajstić information content (AvgIpc) is 3.31. The quantitative estimate of drug-likeness (QED) is 0.777. The van der Waals surface area contributed by atoms with Crippen molar-refractivity contribution in [3.8, 4) is 0 Å². The standard InChI is InChI=1S/C16H20F2N4O.CH2O2/c17-13-8-21(9-14(13)18)15-5-12-4-10(15)7-22(12)16(23)20-11-2-1-3-19-6-11;2-1-3/h1-3,6,10,12-15H,4-5,7-9H2,(H,20,23);1H,(H,2,3)/t10?,12?,13-,14-,15?;/m1./s1. The number of nitrogens with one attached hydrogen (secondary N) is 1. The van der Waals surface area contributed by atoms with Crippen LogP contribution in [0.5, 0.6) is 0 Å². The molecule has 7 nitrogen and oxygen atoms in total. The number of piperidine rings is 1. The molecule has 1 aromatic heterocycles. The summed E-state index contributed by atoms with van der Waals surface area (Å²) in [6.07, 6.45) is 2.28. The molecule has 26 heavy (non-hydrogen) atoms. The summed E-state index contributed by atoms with van der Waals surface area (Å²) in [6, 6.07) is 3.84. The van der Waals surface area contributed by atoms with Crippen LogP contribution >= 0.6 is 0 Å². The highest BCUT2D eigenvalue weighted by Crippen LogP contribution is 2.42. The number of aromatic nitrogens is 1. The molecular formula is C17H22F2N4O3. The van der Waals surface area contributed by atoms with Crippen molar-refractivity contribution in [2.75, 3.05) is 25.0 Å². The van der Waals surface area contributed by atoms with E-state index in [2.05, 4.69) is 10.3 Å². The summed E-state index contributed by atoms with van der Waals surface area (Å²) < 4.78 is 26.8. The Morgan fingerprint density at radius 3 is 2.50 bits per heavy atom. The first-order chi connectivity index (χ1) is 12.5. The van der Waals surface area contributed by atoms with E-state index in [4.69, 9.17) is 9.90 Å². The zero-order chi connectivity index (χ0) is 18.7. The molecule has 3 heterocycles. The number of amides is 2. The molecule has 1 aliphatic carbocycles. The van der Waals surface area contributed by atoms with Crippen LogP contribution in [-0.4, -0.2) is 76.5 Å². The molecule has 142 valence electrons. The molecule has 9 heteroatoms. The van der Waals surface area contributed by atoms with Crippen molar-refractivity contribution in [2.45, 2.75) is 37.3 Å². The van der Waals surface area contributed by atoms with Gasteiger partial charge in [-0.3, -0.25) is 14.7 Å². The van der Waals surface area contributed by atoms with Crippen LogP contribution in [0.1, 0.15) is 12.8 Å². The molecule has 2 N–H and O–H groups in total. The number of likely N-dealkylation sites (tertiary alicyclic amines) is 2. The Hall–Kier alpha value is -2.29. The third-order valence-electron chi connectivity index (χ3n) is 5.36. The predicted molar refractivity (Wildman–Crippen MR) is 90.3 cm³/mol. The lowest BCUT2D eigenvalue weighted by molar-refractivity contribution is -0.122. The topological polar surface area (TPSA) is 85.8 Å². The van der Waals surface area contributed by atoms with Gasteiger partial charge in [0.2, 0.25) is 0 Å². The second-order valence-corrected chi connectivity index (χ2v) is 6.87. The van der Waals surface area contributed by atoms with Crippen molar-refractivity contribution >= 4 is 18.2 Å². The number of urea groups is 1. The summed E-state index contributed by atoms with van der Waals surface area (Å²) in [5.41, 5.74) is 0.678. The maximum atomic E-state index is 13.4. The first-order valence-corrected chi connectivity index (χ1v) is 8.61. The van der Waals surface area contributed by atoms with Crippen molar-refractivity contribution in [3.63, 3.8) is 0 Å². The third-order valence-corrected chi connectivity index (χ3v) is 5.36. The summed E-state index contributed by atoms with van der Waals surface area (Å²) in [5.74, 6) is 0.317. The highest BCUT2D eigenvalue weighted by atomic mass is 19.2. The molecule has 2 aliphatic heterocycles. The number of hydrogen-bond donors (Lipinski definition) is 2. The normalized spacial score (nSPS) is 32.8. The molecule has 1 aromatic rings. The Labute approximate surface area is 150 Å². The minimum atomic E-state index is -1.36. The maximum absolute atomic E-state index is 13.4. The van der Waals surface area contributed by atoms with Crippen molar-refractivity contribution in [2.24, 2.45) is 5.92 Å². The van der Waals surface area contributed by atoms with E-state index in [1.165, 1.54) is 0 Å². The number of pyridine rings is 1. The molecule has 0 spiro atoms. The van der Waals surface area contributed by atoms with E-state index in [1.54, 1.807) is 24.5 Å². The molecule has 3 aliphatic rings. The Morgan fingerprint density at radius 2 is 1.96 bits per heavy atom. The fraction of sp³-hybridized carbons (Fsp3) is 0.588. The van der Waals surface area contributed by atoms with Crippen LogP contribution in [0.2, 0.25) is 0 Å². The molecule has 2 amide bonds. The SMILES string of the molecule is O=C(Nc1cccnc1)N1CC2CC1CC2N1C[C@@H](F)[C@H](F)C1.O=CO. The number of rotatable bonds is 2. The van der Waals surface area contributed by atoms with Crippen molar-refractivity contribution in [3.05, 3.63) is 24.5 Å². The largest absolute Gasteiger partial charge is 0.483 e. The van der Waals surface area contributed by atoms with E-state index in [9.17, 15) is 13.6 Å². The van der Waals surface area contributed by atoms with Gasteiger partial charge >= 0.3 is 6.03 Å². The number of hydrogen-bond acceptors (Lipinski definition) is 4. The van der Waals surface area contributed by atoms with E-state index in [1.807, 2.05) is 9.80 Å². The fourth-order valence-electron chi connectivity index (χ4n) is 4.28. The van der Waals surface area contributed by atoms with Gasteiger partial charge in [-0.15, -0.1) is 0 Å². The number of alkyl halides is 2. The summed E-state index contributed by atoms with van der Waals surface area (Å²) in [6.45, 7) is 0.791. The highest BCUT2D eigenvalue weighted by Gasteiger charge is 2.50. The number of carboxylic acid groups (broad SMARTS) is 1. The minimum absolute atomic E-state index is 0.114. The van der Waals surface area contributed by atoms with Crippen LogP contribution in [0, 0.1) is 5.92 Å². The fourth-order valence-corrected chi connectivity index (χ4v) is 4.28. The molecule has 2 saturated heterocycles. The number of halogens is 2. The summed E-state index contributed by atoms with van der Waals surface area (Å²) in [7, 11) is 0. The molecule has 3 fully saturated rings. The Bertz CT molecular complexity index is 626. The lowest BCUT2D eigenvalue weighted by Crippen LogP contribution is -2.48. The number of carbonyl (C=O) groups excluding carboxylic acids is 1. The number of fused-ring (bicyclic) bond motifs is 2. The van der Waals surface area contributed by atoms with Crippen molar-refractivity contribution in [1.82, 2.24) is 14.8 Å². The van der Waals surface area contributed by atoms with Gasteiger partial charge in [0.1, 0.15) is 12.3 Å². The van der Waals surface area contributed by atoms with Gasteiger partial charge in [0, 0.05) is 37.9 Å². The number of carbonyl (C=O) groups is 2. The van der Waals surface area contributed by atoms with Gasteiger partial charge in [0.15, 0.2) is 0 Å². The molecule has 5 atom stereocenters. The van der Waals surface area contributed by atoms with Crippen LogP contribution in [-0.2, 0) is 4.79 Å². The van der Waals surface area contributed by atoms with Gasteiger partial charge in [-0.05, 0) is 30.9 Å². The highest BCUT2D eigenvalue weighted by molar-refractivity contribution is 5.89. The summed E-state index contributed by atoms with van der Waals surface area (Å²) in [5, 5.41) is 9.75. The third kappa shape index (κ3) is 3.77. The van der Waals surface area contributed by atoms with Crippen LogP contribution < -0.4 is 5.32 Å². The Balaban J connectivity index is 0.000000613. The predicted octanol–water partition coefficient (Wildman–Crippen LogP) is 1.77. The van der Waals surface area contributed by atoms with Crippen LogP contribution in [0.3, 0.4) is 0 Å². The zero-order valence-corrected chi connectivity index (χ0v) is 14.2. The Morgan fingerprint density at radius 1 is 1.27 bits per heavy atom. The average molecular weight is 368 g/mol. The minimum Gasteiger partial charge on any atom is -0.483 e. The van der Waals surface area contributed by atoms with E-state index in [0.717, 1.165) is 12.8 Å². The molecule has 0 aromatic carbocycles. The zero-order valence-electron chi connectivity index (χ0n) is 14.2. The summed E-state index contributed by atoms with van der Waals surface area (Å²) >= 11 is 0. The van der Waals surface area contributed by atoms with Crippen LogP contribution in [0.15, 0.2) is 24.5 Å². The van der Waals surface area contributed by atoms with Crippen LogP contribution in [0.25, 0.3) is 0 Å². The van der Waals surface area contributed by atoms with E-state index >= 15 is 0 Å². The molecular weight excluding hydrogens is 346 g/mol. The van der Waals surface area contributed by atoms with Crippen molar-refractivity contribution < 1.29 is 23.5 Å². The molecule has 4 rings (SSSR count). The smallest absolute Gasteiger partial charge is 0.322 e. The Kier molecular flexibility index (Phi) is 5.65. The van der Waals surface area contributed by atoms with Gasteiger partial charge in [-0.25, -0.2) is 13.6 Å². The molecule has 3 unspecified atom stereocenters. The maximum Gasteiger partial charge on any atom is 0.322 e. The number of nitrogens with zero attached hydrogens (tertiary/aromatic N) is 3. The lowest BCUT2D eigenvalue weighted by Gasteiger charge is -2.36. The first kappa shape index (κ1) is 18.5. The van der Waals surface area contributed by atoms with Gasteiger partial charge < -0.3 is 15.3 Å². The van der Waals surface area contributed by atoms with E-state index < -0.39 is 12.3 Å². The second-order valence-electron chi connectivity index (χ2n) is 6.87. The molecule has 0 radical (unpaired) electrons. The molecule has 2 bridgehead atoms. The number of anilines is 1. The first-order valence-electron chi connectivity index (χ1n) is 8.61. The second kappa shape index (κ2) is 7.94. The van der Waals surface area contributed by atoms with Gasteiger partial charge in [-0.2, -0.15) is 0 Å². The van der Waals surface area contributed by atoms with Gasteiger partial charge in [0.25, 0.3) is 6.47 Å².